The number of benzene rings is 1. The summed E-state index contributed by atoms with van der Waals surface area (Å²) in [6.45, 7) is 3.36. The molecule has 3 rings (SSSR count). The second-order valence-electron chi connectivity index (χ2n) is 6.01. The van der Waals surface area contributed by atoms with Gasteiger partial charge in [0, 0.05) is 19.0 Å². The molecule has 9 heteroatoms. The largest absolute Gasteiger partial charge is 0.370 e. The summed E-state index contributed by atoms with van der Waals surface area (Å²) in [7, 11) is 3.75. The number of amides is 4. The van der Waals surface area contributed by atoms with Crippen LogP contribution in [0.3, 0.4) is 0 Å². The Morgan fingerprint density at radius 2 is 1.79 bits per heavy atom. The van der Waals surface area contributed by atoms with Gasteiger partial charge >= 0.3 is 6.03 Å². The Morgan fingerprint density at radius 1 is 1.11 bits per heavy atom. The van der Waals surface area contributed by atoms with Crippen LogP contribution in [0.5, 0.6) is 0 Å². The molecular formula is C19H17N3O5S. The molecule has 1 N–H and O–H groups in total. The summed E-state index contributed by atoms with van der Waals surface area (Å²) in [5.41, 5.74) is 0.0145. The van der Waals surface area contributed by atoms with Crippen LogP contribution in [0.4, 0.5) is 15.5 Å². The molecule has 2 heterocycles. The highest BCUT2D eigenvalue weighted by Gasteiger charge is 2.45. The van der Waals surface area contributed by atoms with Crippen LogP contribution in [0.25, 0.3) is 6.08 Å². The first-order valence-electron chi connectivity index (χ1n) is 8.12. The minimum atomic E-state index is -0.988. The predicted octanol–water partition coefficient (Wildman–Crippen LogP) is 3.15. The van der Waals surface area contributed by atoms with E-state index < -0.39 is 23.7 Å². The summed E-state index contributed by atoms with van der Waals surface area (Å²) in [5.74, 6) is -2.31. The van der Waals surface area contributed by atoms with E-state index in [-0.39, 0.29) is 11.3 Å². The monoisotopic (exact) mass is 399 g/mol. The van der Waals surface area contributed by atoms with Crippen LogP contribution in [0, 0.1) is 0 Å². The number of thiophene rings is 1. The van der Waals surface area contributed by atoms with Gasteiger partial charge in [-0.3, -0.25) is 9.59 Å². The molecule has 1 fully saturated rings. The molecule has 1 saturated heterocycles. The number of carbonyl (C=O) groups excluding carboxylic acids is 3. The van der Waals surface area contributed by atoms with E-state index in [0.29, 0.717) is 9.78 Å². The highest BCUT2D eigenvalue weighted by Crippen LogP contribution is 2.30. The highest BCUT2D eigenvalue weighted by molar-refractivity contribution is 7.17. The van der Waals surface area contributed by atoms with Gasteiger partial charge in [-0.2, -0.15) is 4.90 Å². The van der Waals surface area contributed by atoms with Crippen molar-refractivity contribution in [1.82, 2.24) is 4.90 Å². The lowest BCUT2D eigenvalue weighted by Gasteiger charge is -2.33. The normalized spacial score (nSPS) is 16.0. The number of urea groups is 1. The zero-order chi connectivity index (χ0) is 20.4. The zero-order valence-electron chi connectivity index (χ0n) is 15.2. The summed E-state index contributed by atoms with van der Waals surface area (Å²) in [6.07, 6.45) is 1.41. The number of rotatable bonds is 5. The Morgan fingerprint density at radius 3 is 2.36 bits per heavy atom. The molecule has 8 nitrogen and oxygen atoms in total. The van der Waals surface area contributed by atoms with E-state index in [2.05, 4.69) is 11.5 Å². The van der Waals surface area contributed by atoms with Crippen molar-refractivity contribution in [2.24, 2.45) is 0 Å². The molecule has 4 amide bonds. The van der Waals surface area contributed by atoms with E-state index in [9.17, 15) is 14.4 Å². The molecule has 0 aliphatic carbocycles. The second-order valence-corrected chi connectivity index (χ2v) is 7.11. The Hall–Kier alpha value is -3.43. The molecule has 0 unspecified atom stereocenters. The first-order chi connectivity index (χ1) is 13.3. The van der Waals surface area contributed by atoms with Gasteiger partial charge in [-0.05, 0) is 36.9 Å². The number of anilines is 2. The van der Waals surface area contributed by atoms with Gasteiger partial charge in [0.15, 0.2) is 0 Å². The minimum absolute atomic E-state index is 0.256. The summed E-state index contributed by atoms with van der Waals surface area (Å²) < 4.78 is 0. The summed E-state index contributed by atoms with van der Waals surface area (Å²) in [6, 6.07) is 10.8. The standard InChI is InChI=1S/C19H17N3O5S/c1-12(27-26)21-17(23)15(11-14-9-10-16(28-14)20(2)3)18(24)22(19(21)25)13-7-5-4-6-8-13/h4-11,26H,1H2,2-3H3. The third kappa shape index (κ3) is 3.40. The molecule has 1 aromatic carbocycles. The quantitative estimate of drug-likeness (QED) is 0.273. The van der Waals surface area contributed by atoms with Gasteiger partial charge in [-0.15, -0.1) is 11.3 Å². The molecule has 0 atom stereocenters. The Kier molecular flexibility index (Phi) is 5.30. The fourth-order valence-electron chi connectivity index (χ4n) is 2.60. The number of imide groups is 2. The predicted molar refractivity (Wildman–Crippen MR) is 106 cm³/mol. The van der Waals surface area contributed by atoms with Crippen molar-refractivity contribution in [3.05, 3.63) is 65.4 Å². The van der Waals surface area contributed by atoms with Crippen molar-refractivity contribution >= 4 is 45.9 Å². The summed E-state index contributed by atoms with van der Waals surface area (Å²) in [4.78, 5) is 46.5. The van der Waals surface area contributed by atoms with Crippen molar-refractivity contribution in [2.75, 3.05) is 23.9 Å². The van der Waals surface area contributed by atoms with E-state index in [4.69, 9.17) is 5.26 Å². The van der Waals surface area contributed by atoms with Gasteiger partial charge < -0.3 is 9.79 Å². The lowest BCUT2D eigenvalue weighted by molar-refractivity contribution is -0.219. The number of para-hydroxylation sites is 1. The van der Waals surface area contributed by atoms with Crippen molar-refractivity contribution in [2.45, 2.75) is 0 Å². The number of hydrogen-bond donors (Lipinski definition) is 1. The van der Waals surface area contributed by atoms with Gasteiger partial charge in [0.2, 0.25) is 5.88 Å². The summed E-state index contributed by atoms with van der Waals surface area (Å²) in [5, 5.41) is 9.84. The first-order valence-corrected chi connectivity index (χ1v) is 8.94. The van der Waals surface area contributed by atoms with Crippen LogP contribution in [-0.4, -0.2) is 42.1 Å². The molecule has 0 saturated carbocycles. The van der Waals surface area contributed by atoms with Crippen LogP contribution in [-0.2, 0) is 14.5 Å². The van der Waals surface area contributed by atoms with Crippen LogP contribution in [0.15, 0.2) is 60.5 Å². The molecule has 28 heavy (non-hydrogen) atoms. The van der Waals surface area contributed by atoms with Crippen molar-refractivity contribution in [3.63, 3.8) is 0 Å². The lowest BCUT2D eigenvalue weighted by atomic mass is 10.1. The van der Waals surface area contributed by atoms with Crippen LogP contribution < -0.4 is 9.80 Å². The third-order valence-electron chi connectivity index (χ3n) is 3.96. The highest BCUT2D eigenvalue weighted by atomic mass is 32.1. The van der Waals surface area contributed by atoms with Gasteiger partial charge in [0.1, 0.15) is 5.57 Å². The molecule has 1 aromatic heterocycles. The van der Waals surface area contributed by atoms with E-state index in [1.165, 1.54) is 17.4 Å². The molecule has 144 valence electrons. The topological polar surface area (TPSA) is 90.4 Å². The average Bonchev–Trinajstić information content (AvgIpc) is 3.15. The second kappa shape index (κ2) is 7.67. The van der Waals surface area contributed by atoms with Crippen LogP contribution in [0.1, 0.15) is 4.88 Å². The van der Waals surface area contributed by atoms with Crippen LogP contribution >= 0.6 is 11.3 Å². The molecule has 1 aliphatic rings. The van der Waals surface area contributed by atoms with E-state index in [0.717, 1.165) is 9.90 Å². The van der Waals surface area contributed by atoms with Crippen molar-refractivity contribution < 1.29 is 24.5 Å². The van der Waals surface area contributed by atoms with E-state index in [1.54, 1.807) is 36.4 Å². The molecule has 0 bridgehead atoms. The Labute approximate surface area is 165 Å². The Bertz CT molecular complexity index is 980. The molecule has 1 aliphatic heterocycles. The van der Waals surface area contributed by atoms with Gasteiger partial charge in [0.25, 0.3) is 11.8 Å². The van der Waals surface area contributed by atoms with Crippen LogP contribution in [0.2, 0.25) is 0 Å². The SMILES string of the molecule is C=C(OO)N1C(=O)C(=Cc2ccc(N(C)C)s2)C(=O)N(c2ccccc2)C1=O. The molecular weight excluding hydrogens is 382 g/mol. The van der Waals surface area contributed by atoms with Gasteiger partial charge in [-0.1, -0.05) is 18.2 Å². The number of hydrogen-bond acceptors (Lipinski definition) is 7. The number of barbiturate groups is 1. The lowest BCUT2D eigenvalue weighted by Crippen LogP contribution is -2.56. The van der Waals surface area contributed by atoms with Crippen molar-refractivity contribution in [1.29, 1.82) is 0 Å². The third-order valence-corrected chi connectivity index (χ3v) is 5.16. The fraction of sp³-hybridized carbons (Fsp3) is 0.105. The Balaban J connectivity index is 2.10. The smallest absolute Gasteiger partial charge is 0.345 e. The zero-order valence-corrected chi connectivity index (χ0v) is 16.0. The number of nitrogens with zero attached hydrogens (tertiary/aromatic N) is 3. The van der Waals surface area contributed by atoms with Gasteiger partial charge in [-0.25, -0.2) is 15.0 Å². The molecule has 0 radical (unpaired) electrons. The molecule has 2 aromatic rings. The van der Waals surface area contributed by atoms with E-state index in [1.807, 2.05) is 25.1 Å². The maximum Gasteiger partial charge on any atom is 0.345 e. The molecule has 0 spiro atoms. The van der Waals surface area contributed by atoms with Crippen molar-refractivity contribution in [3.8, 4) is 0 Å². The fourth-order valence-corrected chi connectivity index (χ4v) is 3.47. The maximum atomic E-state index is 13.0. The van der Waals surface area contributed by atoms with Gasteiger partial charge in [0.05, 0.1) is 10.7 Å². The first kappa shape index (κ1) is 19.3. The average molecular weight is 399 g/mol. The maximum absolute atomic E-state index is 13.0. The number of carbonyl (C=O) groups is 3. The summed E-state index contributed by atoms with van der Waals surface area (Å²) >= 11 is 1.37. The minimum Gasteiger partial charge on any atom is -0.370 e. The van der Waals surface area contributed by atoms with E-state index >= 15 is 0 Å².